The fraction of sp³-hybridized carbons (Fsp3) is 0.500. The van der Waals surface area contributed by atoms with Crippen molar-refractivity contribution in [2.24, 2.45) is 0 Å². The summed E-state index contributed by atoms with van der Waals surface area (Å²) in [6.07, 6.45) is 4.26. The maximum Gasteiger partial charge on any atom is 0.252 e. The van der Waals surface area contributed by atoms with Crippen LogP contribution in [0.1, 0.15) is 30.5 Å². The summed E-state index contributed by atoms with van der Waals surface area (Å²) in [5, 5.41) is 7.77. The molecule has 1 aromatic carbocycles. The first-order valence-corrected chi connectivity index (χ1v) is 8.86. The van der Waals surface area contributed by atoms with Crippen LogP contribution in [0.4, 0.5) is 5.95 Å². The highest BCUT2D eigenvalue weighted by Crippen LogP contribution is 2.24. The van der Waals surface area contributed by atoms with Crippen molar-refractivity contribution in [1.29, 1.82) is 0 Å². The van der Waals surface area contributed by atoms with Crippen molar-refractivity contribution in [2.75, 3.05) is 32.1 Å². The van der Waals surface area contributed by atoms with Gasteiger partial charge < -0.3 is 15.0 Å². The van der Waals surface area contributed by atoms with Crippen LogP contribution in [-0.4, -0.2) is 58.4 Å². The molecule has 2 aliphatic heterocycles. The maximum absolute atomic E-state index is 12.5. The van der Waals surface area contributed by atoms with Crippen LogP contribution in [0.5, 0.6) is 5.75 Å². The van der Waals surface area contributed by atoms with Crippen molar-refractivity contribution in [3.63, 3.8) is 0 Å². The predicted molar refractivity (Wildman–Crippen MR) is 95.0 cm³/mol. The van der Waals surface area contributed by atoms with Gasteiger partial charge in [-0.1, -0.05) is 6.42 Å². The summed E-state index contributed by atoms with van der Waals surface area (Å²) >= 11 is 0. The molecule has 0 amide bonds. The number of hydrogen-bond donors (Lipinski definition) is 1. The monoisotopic (exact) mass is 341 g/mol. The lowest BCUT2D eigenvalue weighted by atomic mass is 10.1. The van der Waals surface area contributed by atoms with Crippen LogP contribution in [0.15, 0.2) is 24.3 Å². The van der Waals surface area contributed by atoms with Crippen LogP contribution >= 0.6 is 0 Å². The van der Waals surface area contributed by atoms with Crippen LogP contribution < -0.4 is 10.1 Å². The van der Waals surface area contributed by atoms with Crippen molar-refractivity contribution in [3.05, 3.63) is 24.3 Å². The zero-order chi connectivity index (χ0) is 17.2. The number of aromatic nitrogens is 3. The van der Waals surface area contributed by atoms with Gasteiger partial charge in [0.25, 0.3) is 5.91 Å². The average molecular weight is 341 g/mol. The molecule has 0 spiro atoms. The summed E-state index contributed by atoms with van der Waals surface area (Å²) in [5.74, 6) is 1.88. The smallest absolute Gasteiger partial charge is 0.252 e. The Morgan fingerprint density at radius 1 is 1.20 bits per heavy atom. The van der Waals surface area contributed by atoms with Crippen molar-refractivity contribution in [2.45, 2.75) is 31.7 Å². The molecule has 25 heavy (non-hydrogen) atoms. The second kappa shape index (κ2) is 6.84. The molecule has 3 heterocycles. The number of likely N-dealkylation sites (tertiary alicyclic amines) is 1. The number of fused-ring (bicyclic) bond motifs is 1. The standard InChI is InChI=1S/C18H23N5O2/c1-25-15-7-5-13(6-8-15)17-20-18-19-14(11-16(24)23(18)21-17)12-22-9-3-2-4-10-22/h5-8,14H,2-4,9-12H2,1H3,(H,19,20,21). The molecule has 0 aliphatic carbocycles. The fourth-order valence-electron chi connectivity index (χ4n) is 3.54. The Bertz CT molecular complexity index is 749. The molecule has 0 radical (unpaired) electrons. The van der Waals surface area contributed by atoms with Gasteiger partial charge in [0, 0.05) is 12.1 Å². The van der Waals surface area contributed by atoms with Gasteiger partial charge in [-0.15, -0.1) is 5.10 Å². The number of anilines is 1. The number of nitrogens with one attached hydrogen (secondary N) is 1. The van der Waals surface area contributed by atoms with Gasteiger partial charge in [0.15, 0.2) is 5.82 Å². The third kappa shape index (κ3) is 3.37. The van der Waals surface area contributed by atoms with Gasteiger partial charge >= 0.3 is 0 Å². The molecular weight excluding hydrogens is 318 g/mol. The Morgan fingerprint density at radius 2 is 1.96 bits per heavy atom. The average Bonchev–Trinajstić information content (AvgIpc) is 3.07. The van der Waals surface area contributed by atoms with Gasteiger partial charge in [0.05, 0.1) is 19.6 Å². The van der Waals surface area contributed by atoms with Crippen molar-refractivity contribution < 1.29 is 9.53 Å². The summed E-state index contributed by atoms with van der Waals surface area (Å²) in [7, 11) is 1.63. The number of methoxy groups -OCH3 is 1. The van der Waals surface area contributed by atoms with E-state index in [1.165, 1.54) is 23.9 Å². The Balaban J connectivity index is 1.51. The molecule has 1 atom stereocenters. The van der Waals surface area contributed by atoms with Crippen LogP contribution in [0, 0.1) is 0 Å². The molecule has 4 rings (SSSR count). The molecule has 132 valence electrons. The second-order valence-corrected chi connectivity index (χ2v) is 6.70. The summed E-state index contributed by atoms with van der Waals surface area (Å²) in [6.45, 7) is 3.13. The van der Waals surface area contributed by atoms with E-state index in [2.05, 4.69) is 20.3 Å². The Morgan fingerprint density at radius 3 is 2.68 bits per heavy atom. The predicted octanol–water partition coefficient (Wildman–Crippen LogP) is 2.26. The lowest BCUT2D eigenvalue weighted by molar-refractivity contribution is 0.0861. The first-order valence-electron chi connectivity index (χ1n) is 8.86. The highest BCUT2D eigenvalue weighted by molar-refractivity contribution is 5.84. The molecular formula is C18H23N5O2. The molecule has 1 aromatic heterocycles. The van der Waals surface area contributed by atoms with Gasteiger partial charge in [-0.3, -0.25) is 4.79 Å². The highest BCUT2D eigenvalue weighted by Gasteiger charge is 2.29. The van der Waals surface area contributed by atoms with Gasteiger partial charge in [-0.2, -0.15) is 9.67 Å². The summed E-state index contributed by atoms with van der Waals surface area (Å²) < 4.78 is 6.57. The van der Waals surface area contributed by atoms with Crippen LogP contribution in [-0.2, 0) is 0 Å². The summed E-state index contributed by atoms with van der Waals surface area (Å²) in [5.41, 5.74) is 0.866. The number of nitrogens with zero attached hydrogens (tertiary/aromatic N) is 4. The third-order valence-corrected chi connectivity index (χ3v) is 4.87. The number of rotatable bonds is 4. The van der Waals surface area contributed by atoms with E-state index in [9.17, 15) is 4.79 Å². The van der Waals surface area contributed by atoms with Crippen LogP contribution in [0.2, 0.25) is 0 Å². The lowest BCUT2D eigenvalue weighted by Gasteiger charge is -2.32. The van der Waals surface area contributed by atoms with Crippen LogP contribution in [0.3, 0.4) is 0 Å². The van der Waals surface area contributed by atoms with Crippen LogP contribution in [0.25, 0.3) is 11.4 Å². The highest BCUT2D eigenvalue weighted by atomic mass is 16.5. The van der Waals surface area contributed by atoms with E-state index in [4.69, 9.17) is 4.74 Å². The van der Waals surface area contributed by atoms with E-state index >= 15 is 0 Å². The van der Waals surface area contributed by atoms with E-state index < -0.39 is 0 Å². The molecule has 2 aromatic rings. The third-order valence-electron chi connectivity index (χ3n) is 4.87. The minimum Gasteiger partial charge on any atom is -0.497 e. The number of piperidine rings is 1. The van der Waals surface area contributed by atoms with Gasteiger partial charge in [-0.25, -0.2) is 0 Å². The first kappa shape index (κ1) is 16.1. The Kier molecular flexibility index (Phi) is 4.40. The van der Waals surface area contributed by atoms with E-state index in [0.29, 0.717) is 18.2 Å². The topological polar surface area (TPSA) is 72.3 Å². The largest absolute Gasteiger partial charge is 0.497 e. The van der Waals surface area contributed by atoms with Crippen molar-refractivity contribution >= 4 is 11.9 Å². The van der Waals surface area contributed by atoms with E-state index in [-0.39, 0.29) is 11.9 Å². The van der Waals surface area contributed by atoms with E-state index in [1.54, 1.807) is 7.11 Å². The summed E-state index contributed by atoms with van der Waals surface area (Å²) in [4.78, 5) is 19.4. The zero-order valence-corrected chi connectivity index (χ0v) is 14.4. The molecule has 7 heteroatoms. The number of carbonyl (C=O) groups excluding carboxylic acids is 1. The number of benzene rings is 1. The lowest BCUT2D eigenvalue weighted by Crippen LogP contribution is -2.44. The van der Waals surface area contributed by atoms with Gasteiger partial charge in [-0.05, 0) is 50.2 Å². The molecule has 1 fully saturated rings. The molecule has 1 unspecified atom stereocenters. The summed E-state index contributed by atoms with van der Waals surface area (Å²) in [6, 6.07) is 7.63. The molecule has 0 saturated carbocycles. The Hall–Kier alpha value is -2.41. The minimum absolute atomic E-state index is 0.00280. The number of ether oxygens (including phenoxy) is 1. The van der Waals surface area contributed by atoms with E-state index in [1.807, 2.05) is 24.3 Å². The molecule has 7 nitrogen and oxygen atoms in total. The van der Waals surface area contributed by atoms with Crippen molar-refractivity contribution in [3.8, 4) is 17.1 Å². The van der Waals surface area contributed by atoms with Crippen molar-refractivity contribution in [1.82, 2.24) is 19.7 Å². The molecule has 1 saturated heterocycles. The van der Waals surface area contributed by atoms with E-state index in [0.717, 1.165) is 30.9 Å². The number of hydrogen-bond acceptors (Lipinski definition) is 6. The quantitative estimate of drug-likeness (QED) is 0.920. The maximum atomic E-state index is 12.5. The molecule has 2 aliphatic rings. The first-order chi connectivity index (χ1) is 12.2. The molecule has 1 N–H and O–H groups in total. The normalized spacial score (nSPS) is 20.8. The minimum atomic E-state index is 0.00280. The zero-order valence-electron chi connectivity index (χ0n) is 14.4. The fourth-order valence-corrected chi connectivity index (χ4v) is 3.54. The number of carbonyl (C=O) groups is 1. The SMILES string of the molecule is COc1ccc(-c2nc3n(n2)C(=O)CC(CN2CCCCC2)N3)cc1. The van der Waals surface area contributed by atoms with Gasteiger partial charge in [0.2, 0.25) is 5.95 Å². The second-order valence-electron chi connectivity index (χ2n) is 6.70. The Labute approximate surface area is 147 Å². The van der Waals surface area contributed by atoms with Gasteiger partial charge in [0.1, 0.15) is 5.75 Å². The molecule has 0 bridgehead atoms.